The van der Waals surface area contributed by atoms with Crippen molar-refractivity contribution >= 4 is 23.0 Å². The minimum atomic E-state index is -0.454. The molecule has 0 radical (unpaired) electrons. The number of hydrogen-bond donors (Lipinski definition) is 1. The first kappa shape index (κ1) is 15.6. The van der Waals surface area contributed by atoms with Gasteiger partial charge in [-0.1, -0.05) is 19.3 Å². The number of ketones is 1. The van der Waals surface area contributed by atoms with Crippen molar-refractivity contribution < 1.29 is 9.59 Å². The van der Waals surface area contributed by atoms with Crippen LogP contribution in [-0.4, -0.2) is 40.2 Å². The zero-order valence-corrected chi connectivity index (χ0v) is 13.6. The van der Waals surface area contributed by atoms with Gasteiger partial charge in [0.15, 0.2) is 5.01 Å². The van der Waals surface area contributed by atoms with E-state index in [2.05, 4.69) is 4.98 Å². The predicted octanol–water partition coefficient (Wildman–Crippen LogP) is 2.22. The number of carbonyl (C=O) groups is 2. The van der Waals surface area contributed by atoms with Gasteiger partial charge in [-0.15, -0.1) is 11.3 Å². The molecule has 1 saturated heterocycles. The van der Waals surface area contributed by atoms with E-state index in [1.807, 2.05) is 0 Å². The molecule has 2 atom stereocenters. The Morgan fingerprint density at radius 2 is 2.00 bits per heavy atom. The minimum Gasteiger partial charge on any atom is -0.331 e. The van der Waals surface area contributed by atoms with Crippen LogP contribution in [0.1, 0.15) is 54.7 Å². The van der Waals surface area contributed by atoms with Crippen LogP contribution in [-0.2, 0) is 4.79 Å². The van der Waals surface area contributed by atoms with Gasteiger partial charge in [0.2, 0.25) is 11.7 Å². The molecule has 3 rings (SSSR count). The maximum atomic E-state index is 12.8. The van der Waals surface area contributed by atoms with Crippen molar-refractivity contribution in [3.63, 3.8) is 0 Å². The molecule has 0 aromatic carbocycles. The second kappa shape index (κ2) is 6.87. The smallest absolute Gasteiger partial charge is 0.240 e. The first-order valence-electron chi connectivity index (χ1n) is 8.18. The summed E-state index contributed by atoms with van der Waals surface area (Å²) in [5, 5.41) is 2.29. The molecule has 1 unspecified atom stereocenters. The first-order chi connectivity index (χ1) is 10.7. The second-order valence-electron chi connectivity index (χ2n) is 6.32. The maximum Gasteiger partial charge on any atom is 0.240 e. The number of aromatic nitrogens is 1. The van der Waals surface area contributed by atoms with Gasteiger partial charge in [0.1, 0.15) is 0 Å². The zero-order chi connectivity index (χ0) is 15.5. The summed E-state index contributed by atoms with van der Waals surface area (Å²) >= 11 is 1.34. The molecular weight excluding hydrogens is 298 g/mol. The Balaban J connectivity index is 1.69. The number of carbonyl (C=O) groups excluding carboxylic acids is 2. The van der Waals surface area contributed by atoms with Crippen LogP contribution >= 0.6 is 11.3 Å². The van der Waals surface area contributed by atoms with Gasteiger partial charge >= 0.3 is 0 Å². The van der Waals surface area contributed by atoms with E-state index in [1.54, 1.807) is 16.5 Å². The third kappa shape index (κ3) is 3.08. The van der Waals surface area contributed by atoms with E-state index >= 15 is 0 Å². The van der Waals surface area contributed by atoms with Crippen LogP contribution in [0.15, 0.2) is 11.6 Å². The minimum absolute atomic E-state index is 0.0308. The normalized spacial score (nSPS) is 24.4. The molecule has 1 saturated carbocycles. The molecule has 1 aromatic rings. The highest BCUT2D eigenvalue weighted by atomic mass is 32.1. The summed E-state index contributed by atoms with van der Waals surface area (Å²) in [6.07, 6.45) is 8.85. The van der Waals surface area contributed by atoms with Gasteiger partial charge in [0, 0.05) is 18.1 Å². The molecule has 22 heavy (non-hydrogen) atoms. The quantitative estimate of drug-likeness (QED) is 0.863. The van der Waals surface area contributed by atoms with Crippen LogP contribution in [0.3, 0.4) is 0 Å². The van der Waals surface area contributed by atoms with Crippen molar-refractivity contribution in [1.29, 1.82) is 0 Å². The highest BCUT2D eigenvalue weighted by Crippen LogP contribution is 2.29. The average molecular weight is 321 g/mol. The van der Waals surface area contributed by atoms with Crippen LogP contribution in [0.25, 0.3) is 0 Å². The Hall–Kier alpha value is -1.27. The average Bonchev–Trinajstić information content (AvgIpc) is 3.25. The van der Waals surface area contributed by atoms with E-state index < -0.39 is 6.04 Å². The Bertz CT molecular complexity index is 526. The summed E-state index contributed by atoms with van der Waals surface area (Å²) in [4.78, 5) is 31.1. The molecule has 6 heteroatoms. The molecular formula is C16H23N3O2S. The summed E-state index contributed by atoms with van der Waals surface area (Å²) in [6, 6.07) is -0.821. The third-order valence-corrected chi connectivity index (χ3v) is 5.71. The molecule has 2 fully saturated rings. The number of nitrogens with two attached hydrogens (primary N) is 1. The van der Waals surface area contributed by atoms with E-state index in [1.165, 1.54) is 17.8 Å². The third-order valence-electron chi connectivity index (χ3n) is 4.92. The number of rotatable bonds is 4. The lowest BCUT2D eigenvalue weighted by molar-refractivity contribution is -0.134. The number of likely N-dealkylation sites (tertiary alicyclic amines) is 1. The number of thiazole rings is 1. The molecule has 0 bridgehead atoms. The van der Waals surface area contributed by atoms with Crippen molar-refractivity contribution in [1.82, 2.24) is 9.88 Å². The second-order valence-corrected chi connectivity index (χ2v) is 7.21. The topological polar surface area (TPSA) is 76.3 Å². The van der Waals surface area contributed by atoms with Crippen molar-refractivity contribution in [2.24, 2.45) is 11.7 Å². The molecule has 120 valence electrons. The van der Waals surface area contributed by atoms with E-state index in [0.717, 1.165) is 38.5 Å². The van der Waals surface area contributed by atoms with E-state index in [4.69, 9.17) is 5.73 Å². The number of nitrogens with zero attached hydrogens (tertiary/aromatic N) is 2. The van der Waals surface area contributed by atoms with Crippen molar-refractivity contribution in [2.45, 2.75) is 57.0 Å². The molecule has 1 amide bonds. The van der Waals surface area contributed by atoms with E-state index in [0.29, 0.717) is 11.6 Å². The Labute approximate surface area is 134 Å². The lowest BCUT2D eigenvalue weighted by Gasteiger charge is -2.31. The van der Waals surface area contributed by atoms with Gasteiger partial charge in [0.25, 0.3) is 0 Å². The van der Waals surface area contributed by atoms with Crippen molar-refractivity contribution in [2.75, 3.05) is 6.54 Å². The number of hydrogen-bond acceptors (Lipinski definition) is 5. The van der Waals surface area contributed by atoms with Crippen LogP contribution in [0.2, 0.25) is 0 Å². The fourth-order valence-corrected chi connectivity index (χ4v) is 4.30. The van der Waals surface area contributed by atoms with Gasteiger partial charge in [-0.3, -0.25) is 9.59 Å². The van der Waals surface area contributed by atoms with Crippen LogP contribution in [0.4, 0.5) is 0 Å². The highest BCUT2D eigenvalue weighted by molar-refractivity contribution is 7.11. The molecule has 2 heterocycles. The zero-order valence-electron chi connectivity index (χ0n) is 12.7. The predicted molar refractivity (Wildman–Crippen MR) is 85.7 cm³/mol. The van der Waals surface area contributed by atoms with Crippen molar-refractivity contribution in [3.8, 4) is 0 Å². The van der Waals surface area contributed by atoms with Gasteiger partial charge < -0.3 is 10.6 Å². The summed E-state index contributed by atoms with van der Waals surface area (Å²) < 4.78 is 0. The molecule has 1 aromatic heterocycles. The van der Waals surface area contributed by atoms with Crippen LogP contribution < -0.4 is 5.73 Å². The maximum absolute atomic E-state index is 12.8. The summed E-state index contributed by atoms with van der Waals surface area (Å²) in [5.41, 5.74) is 6.24. The standard InChI is InChI=1S/C16H23N3O2S/c17-13(11-5-2-1-3-6-11)16(21)19-9-4-7-12(19)14(20)15-18-8-10-22-15/h8,10-13H,1-7,9,17H2/t12?,13-/m0/s1. The molecule has 0 spiro atoms. The Morgan fingerprint density at radius 1 is 1.23 bits per heavy atom. The number of amides is 1. The van der Waals surface area contributed by atoms with Gasteiger partial charge in [-0.25, -0.2) is 4.98 Å². The SMILES string of the molecule is N[C@H](C(=O)N1CCCC1C(=O)c1nccs1)C1CCCCC1. The fraction of sp³-hybridized carbons (Fsp3) is 0.688. The molecule has 1 aliphatic heterocycles. The lowest BCUT2D eigenvalue weighted by atomic mass is 9.83. The summed E-state index contributed by atoms with van der Waals surface area (Å²) in [6.45, 7) is 0.640. The van der Waals surface area contributed by atoms with Gasteiger partial charge in [-0.05, 0) is 31.6 Å². The summed E-state index contributed by atoms with van der Waals surface area (Å²) in [7, 11) is 0. The monoisotopic (exact) mass is 321 g/mol. The fourth-order valence-electron chi connectivity index (χ4n) is 3.68. The van der Waals surface area contributed by atoms with Gasteiger partial charge in [-0.2, -0.15) is 0 Å². The lowest BCUT2D eigenvalue weighted by Crippen LogP contribution is -2.51. The number of Topliss-reactive ketones (excluding diaryl/α,β-unsaturated/α-hetero) is 1. The van der Waals surface area contributed by atoms with E-state index in [9.17, 15) is 9.59 Å². The molecule has 2 N–H and O–H groups in total. The molecule has 2 aliphatic rings. The van der Waals surface area contributed by atoms with Gasteiger partial charge in [0.05, 0.1) is 12.1 Å². The van der Waals surface area contributed by atoms with Crippen LogP contribution in [0, 0.1) is 5.92 Å². The van der Waals surface area contributed by atoms with Crippen LogP contribution in [0.5, 0.6) is 0 Å². The molecule has 5 nitrogen and oxygen atoms in total. The van der Waals surface area contributed by atoms with E-state index in [-0.39, 0.29) is 23.7 Å². The Kier molecular flexibility index (Phi) is 4.88. The highest BCUT2D eigenvalue weighted by Gasteiger charge is 2.39. The van der Waals surface area contributed by atoms with Crippen molar-refractivity contribution in [3.05, 3.63) is 16.6 Å². The first-order valence-corrected chi connectivity index (χ1v) is 9.06. The molecule has 1 aliphatic carbocycles. The Morgan fingerprint density at radius 3 is 2.68 bits per heavy atom. The largest absolute Gasteiger partial charge is 0.331 e. The summed E-state index contributed by atoms with van der Waals surface area (Å²) in [5.74, 6) is 0.202.